The van der Waals surface area contributed by atoms with Crippen molar-refractivity contribution in [3.63, 3.8) is 0 Å². The molecule has 0 unspecified atom stereocenters. The molecule has 1 amide bonds. The fraction of sp³-hybridized carbons (Fsp3) is 0.677. The van der Waals surface area contributed by atoms with Crippen LogP contribution in [0.2, 0.25) is 0 Å². The number of nitrogens with two attached hydrogens (primary N) is 2. The van der Waals surface area contributed by atoms with E-state index in [2.05, 4.69) is 15.0 Å². The third-order valence-electron chi connectivity index (χ3n) is 8.44. The molecule has 0 radical (unpaired) electrons. The summed E-state index contributed by atoms with van der Waals surface area (Å²) >= 11 is 0. The van der Waals surface area contributed by atoms with Crippen molar-refractivity contribution in [2.75, 3.05) is 13.7 Å². The number of H-pyrrole nitrogens is 1. The van der Waals surface area contributed by atoms with E-state index in [4.69, 9.17) is 30.4 Å². The zero-order valence-electron chi connectivity index (χ0n) is 26.7. The molecule has 14 heteroatoms. The molecule has 45 heavy (non-hydrogen) atoms. The highest BCUT2D eigenvalue weighted by molar-refractivity contribution is 6.08. The van der Waals surface area contributed by atoms with Gasteiger partial charge in [-0.1, -0.05) is 39.5 Å². The van der Waals surface area contributed by atoms with Crippen LogP contribution in [0.25, 0.3) is 0 Å². The number of nitrogens with zero attached hydrogens (tertiary/aromatic N) is 3. The molecule has 14 nitrogen and oxygen atoms in total. The van der Waals surface area contributed by atoms with E-state index < -0.39 is 53.4 Å². The van der Waals surface area contributed by atoms with Crippen molar-refractivity contribution in [2.24, 2.45) is 33.3 Å². The summed E-state index contributed by atoms with van der Waals surface area (Å²) in [5.74, 6) is -2.06. The third kappa shape index (κ3) is 8.55. The number of aromatic amines is 1. The van der Waals surface area contributed by atoms with Crippen molar-refractivity contribution >= 4 is 30.0 Å². The van der Waals surface area contributed by atoms with E-state index in [1.165, 1.54) is 33.1 Å². The zero-order valence-corrected chi connectivity index (χ0v) is 26.7. The monoisotopic (exact) mass is 630 g/mol. The van der Waals surface area contributed by atoms with Gasteiger partial charge in [-0.2, -0.15) is 10.3 Å². The molecular formula is C31H46N6O8. The highest BCUT2D eigenvalue weighted by Crippen LogP contribution is 2.41. The Bertz CT molecular complexity index is 1290. The Balaban J connectivity index is 1.91. The topological polar surface area (TPSA) is 225 Å². The number of nitrogens with one attached hydrogen (secondary N) is 1. The average Bonchev–Trinajstić information content (AvgIpc) is 3.50. The number of ether oxygens (including phenoxy) is 4. The number of carbonyl (C=O) groups is 3. The van der Waals surface area contributed by atoms with Crippen LogP contribution >= 0.6 is 0 Å². The van der Waals surface area contributed by atoms with Crippen LogP contribution in [-0.2, 0) is 38.9 Å². The van der Waals surface area contributed by atoms with Gasteiger partial charge in [0.15, 0.2) is 11.9 Å². The SMILES string of the molecule is COC(C)(C)C(=O)N=C(N=CN)c1ccc([C@]2(C#N)O[C@H](COC(=O)CC3CCCCCC3)[C@@H](OC(=O)[C@@H](N)C(C)C)[C@H]2O)[nH]1. The van der Waals surface area contributed by atoms with E-state index >= 15 is 0 Å². The standard InChI is InChI=1S/C31H46N6O8/c1-18(2)24(34)28(40)44-25-21(15-43-23(38)14-19-10-8-6-7-9-11-19)45-31(16-32,26(25)39)22-13-12-20(36-22)27(35-17-33)37-29(41)30(3,4)42-5/h12-13,17-19,21,24-26,36,39H,6-11,14-15,34H2,1-5H3,(H2,33,35,37,41)/t21-,24+,25-,26-,31+/m1/s1. The van der Waals surface area contributed by atoms with Crippen LogP contribution in [0.1, 0.15) is 84.0 Å². The smallest absolute Gasteiger partial charge is 0.323 e. The van der Waals surface area contributed by atoms with E-state index in [1.807, 2.05) is 6.07 Å². The second-order valence-electron chi connectivity index (χ2n) is 12.4. The summed E-state index contributed by atoms with van der Waals surface area (Å²) in [5.41, 5.74) is 8.36. The number of aromatic nitrogens is 1. The largest absolute Gasteiger partial charge is 0.463 e. The highest BCUT2D eigenvalue weighted by atomic mass is 16.6. The fourth-order valence-corrected chi connectivity index (χ4v) is 5.27. The molecule has 1 saturated heterocycles. The lowest BCUT2D eigenvalue weighted by Crippen LogP contribution is -2.46. The average molecular weight is 631 g/mol. The summed E-state index contributed by atoms with van der Waals surface area (Å²) in [6.45, 7) is 6.17. The van der Waals surface area contributed by atoms with Crippen LogP contribution in [-0.4, -0.2) is 83.8 Å². The number of amides is 1. The minimum atomic E-state index is -2.10. The van der Waals surface area contributed by atoms with E-state index in [-0.39, 0.29) is 42.1 Å². The molecule has 1 saturated carbocycles. The molecule has 2 aliphatic rings. The van der Waals surface area contributed by atoms with Crippen LogP contribution in [0.15, 0.2) is 22.1 Å². The van der Waals surface area contributed by atoms with E-state index in [9.17, 15) is 24.8 Å². The number of aliphatic hydroxyl groups excluding tert-OH is 1. The lowest BCUT2D eigenvalue weighted by atomic mass is 9.92. The second kappa shape index (κ2) is 15.6. The first-order valence-electron chi connectivity index (χ1n) is 15.3. The molecule has 6 N–H and O–H groups in total. The number of carbonyl (C=O) groups excluding carboxylic acids is 3. The van der Waals surface area contributed by atoms with Crippen molar-refractivity contribution in [3.8, 4) is 6.07 Å². The van der Waals surface area contributed by atoms with Gasteiger partial charge in [-0.25, -0.2) is 4.99 Å². The van der Waals surface area contributed by atoms with Crippen LogP contribution in [0.4, 0.5) is 0 Å². The van der Waals surface area contributed by atoms with Gasteiger partial charge >= 0.3 is 11.9 Å². The summed E-state index contributed by atoms with van der Waals surface area (Å²) in [4.78, 5) is 49.3. The van der Waals surface area contributed by atoms with Crippen molar-refractivity contribution < 1.29 is 38.4 Å². The predicted molar refractivity (Wildman–Crippen MR) is 164 cm³/mol. The second-order valence-corrected chi connectivity index (χ2v) is 12.4. The van der Waals surface area contributed by atoms with Crippen LogP contribution in [0.3, 0.4) is 0 Å². The Kier molecular flexibility index (Phi) is 12.4. The van der Waals surface area contributed by atoms with Crippen LogP contribution in [0.5, 0.6) is 0 Å². The van der Waals surface area contributed by atoms with Gasteiger partial charge < -0.3 is 40.5 Å². The third-order valence-corrected chi connectivity index (χ3v) is 8.44. The van der Waals surface area contributed by atoms with E-state index in [0.29, 0.717) is 0 Å². The normalized spacial score (nSPS) is 25.6. The van der Waals surface area contributed by atoms with Gasteiger partial charge in [0.05, 0.1) is 17.7 Å². The van der Waals surface area contributed by atoms with Gasteiger partial charge in [0.25, 0.3) is 5.91 Å². The van der Waals surface area contributed by atoms with Gasteiger partial charge in [-0.3, -0.25) is 14.4 Å². The molecule has 0 spiro atoms. The molecule has 3 rings (SSSR count). The first-order chi connectivity index (χ1) is 21.3. The number of esters is 2. The quantitative estimate of drug-likeness (QED) is 0.120. The van der Waals surface area contributed by atoms with E-state index in [1.54, 1.807) is 13.8 Å². The van der Waals surface area contributed by atoms with Crippen LogP contribution in [0, 0.1) is 23.2 Å². The first-order valence-corrected chi connectivity index (χ1v) is 15.3. The summed E-state index contributed by atoms with van der Waals surface area (Å²) < 4.78 is 22.4. The van der Waals surface area contributed by atoms with Crippen molar-refractivity contribution in [1.29, 1.82) is 5.26 Å². The molecule has 0 bridgehead atoms. The molecule has 1 aromatic rings. The molecule has 5 atom stereocenters. The Morgan fingerprint density at radius 3 is 2.49 bits per heavy atom. The predicted octanol–water partition coefficient (Wildman–Crippen LogP) is 1.98. The van der Waals surface area contributed by atoms with Gasteiger partial charge in [-0.15, -0.1) is 0 Å². The van der Waals surface area contributed by atoms with Crippen molar-refractivity contribution in [3.05, 3.63) is 23.5 Å². The molecule has 2 fully saturated rings. The highest BCUT2D eigenvalue weighted by Gasteiger charge is 2.59. The maximum Gasteiger partial charge on any atom is 0.323 e. The number of aliphatic hydroxyl groups is 1. The van der Waals surface area contributed by atoms with Crippen molar-refractivity contribution in [2.45, 2.75) is 108 Å². The minimum absolute atomic E-state index is 0.0485. The number of amidine groups is 1. The maximum atomic E-state index is 12.9. The van der Waals surface area contributed by atoms with Gasteiger partial charge in [0.2, 0.25) is 5.60 Å². The number of aliphatic imine (C=N–C) groups is 2. The summed E-state index contributed by atoms with van der Waals surface area (Å²) in [6.07, 6.45) is 3.17. The molecule has 1 aromatic heterocycles. The zero-order chi connectivity index (χ0) is 33.4. The Hall–Kier alpha value is -3.64. The number of hydrogen-bond donors (Lipinski definition) is 4. The Labute approximate surface area is 263 Å². The number of hydrogen-bond acceptors (Lipinski definition) is 10. The van der Waals surface area contributed by atoms with Gasteiger partial charge in [0, 0.05) is 13.5 Å². The number of methoxy groups -OCH3 is 1. The molecular weight excluding hydrogens is 584 g/mol. The minimum Gasteiger partial charge on any atom is -0.463 e. The summed E-state index contributed by atoms with van der Waals surface area (Å²) in [6, 6.07) is 3.89. The molecule has 2 heterocycles. The fourth-order valence-electron chi connectivity index (χ4n) is 5.27. The lowest BCUT2D eigenvalue weighted by Gasteiger charge is -2.25. The molecule has 1 aliphatic heterocycles. The number of rotatable bonds is 11. The first kappa shape index (κ1) is 35.8. The number of nitriles is 1. The molecule has 248 valence electrons. The Morgan fingerprint density at radius 2 is 1.91 bits per heavy atom. The van der Waals surface area contributed by atoms with Gasteiger partial charge in [0.1, 0.15) is 36.5 Å². The summed E-state index contributed by atoms with van der Waals surface area (Å²) in [5, 5.41) is 21.9. The van der Waals surface area contributed by atoms with Crippen molar-refractivity contribution in [1.82, 2.24) is 4.98 Å². The Morgan fingerprint density at radius 1 is 1.24 bits per heavy atom. The van der Waals surface area contributed by atoms with E-state index in [0.717, 1.165) is 44.9 Å². The summed E-state index contributed by atoms with van der Waals surface area (Å²) in [7, 11) is 1.36. The molecule has 0 aromatic carbocycles. The van der Waals surface area contributed by atoms with Crippen LogP contribution < -0.4 is 11.5 Å². The van der Waals surface area contributed by atoms with Gasteiger partial charge in [-0.05, 0) is 50.7 Å². The lowest BCUT2D eigenvalue weighted by molar-refractivity contribution is -0.162. The maximum absolute atomic E-state index is 12.9. The molecule has 1 aliphatic carbocycles.